The molecule has 18 heavy (non-hydrogen) atoms. The zero-order valence-corrected chi connectivity index (χ0v) is 10.9. The molecule has 1 saturated carbocycles. The lowest BCUT2D eigenvalue weighted by atomic mass is 9.99. The first kappa shape index (κ1) is 12.9. The largest absolute Gasteiger partial charge is 0.496 e. The third-order valence-electron chi connectivity index (χ3n) is 3.72. The zero-order chi connectivity index (χ0) is 12.8. The monoisotopic (exact) mass is 244 g/mol. The third-order valence-corrected chi connectivity index (χ3v) is 3.72. The maximum atomic E-state index is 9.28. The van der Waals surface area contributed by atoms with Crippen LogP contribution in [0.3, 0.4) is 0 Å². The van der Waals surface area contributed by atoms with Crippen LogP contribution in [0, 0.1) is 11.3 Å². The maximum absolute atomic E-state index is 9.28. The van der Waals surface area contributed by atoms with Crippen molar-refractivity contribution in [1.82, 2.24) is 5.32 Å². The first-order valence-corrected chi connectivity index (χ1v) is 6.58. The number of rotatable bonds is 5. The summed E-state index contributed by atoms with van der Waals surface area (Å²) in [6.07, 6.45) is 5.18. The quantitative estimate of drug-likeness (QED) is 0.866. The van der Waals surface area contributed by atoms with Crippen LogP contribution in [0.15, 0.2) is 24.3 Å². The molecule has 1 aliphatic rings. The van der Waals surface area contributed by atoms with Crippen molar-refractivity contribution in [3.8, 4) is 11.8 Å². The van der Waals surface area contributed by atoms with Gasteiger partial charge in [-0.05, 0) is 30.9 Å². The van der Waals surface area contributed by atoms with Crippen molar-refractivity contribution >= 4 is 0 Å². The lowest BCUT2D eigenvalue weighted by molar-refractivity contribution is 0.402. The summed E-state index contributed by atoms with van der Waals surface area (Å²) in [4.78, 5) is 0. The second-order valence-corrected chi connectivity index (χ2v) is 4.89. The number of ether oxygens (including phenoxy) is 1. The van der Waals surface area contributed by atoms with Crippen molar-refractivity contribution in [2.45, 2.75) is 37.6 Å². The highest BCUT2D eigenvalue weighted by atomic mass is 16.5. The molecule has 96 valence electrons. The molecule has 1 aromatic carbocycles. The third kappa shape index (κ3) is 2.83. The molecule has 1 aromatic rings. The van der Waals surface area contributed by atoms with Crippen molar-refractivity contribution in [3.63, 3.8) is 0 Å². The lowest BCUT2D eigenvalue weighted by Gasteiger charge is -2.22. The van der Waals surface area contributed by atoms with E-state index >= 15 is 0 Å². The Labute approximate surface area is 109 Å². The molecule has 3 nitrogen and oxygen atoms in total. The van der Waals surface area contributed by atoms with E-state index in [0.29, 0.717) is 0 Å². The molecule has 0 spiro atoms. The van der Waals surface area contributed by atoms with E-state index in [9.17, 15) is 5.26 Å². The molecule has 0 unspecified atom stereocenters. The molecule has 0 heterocycles. The van der Waals surface area contributed by atoms with E-state index in [1.165, 1.54) is 5.56 Å². The summed E-state index contributed by atoms with van der Waals surface area (Å²) < 4.78 is 5.33. The van der Waals surface area contributed by atoms with Crippen molar-refractivity contribution in [2.24, 2.45) is 0 Å². The number of hydrogen-bond acceptors (Lipinski definition) is 3. The van der Waals surface area contributed by atoms with Gasteiger partial charge in [-0.1, -0.05) is 31.0 Å². The number of benzene rings is 1. The molecule has 0 aromatic heterocycles. The molecule has 1 aliphatic carbocycles. The van der Waals surface area contributed by atoms with Crippen LogP contribution in [0.2, 0.25) is 0 Å². The molecule has 2 rings (SSSR count). The zero-order valence-electron chi connectivity index (χ0n) is 10.9. The molecular weight excluding hydrogens is 224 g/mol. The predicted molar refractivity (Wildman–Crippen MR) is 71.5 cm³/mol. The summed E-state index contributed by atoms with van der Waals surface area (Å²) in [5, 5.41) is 12.7. The average molecular weight is 244 g/mol. The fourth-order valence-corrected chi connectivity index (χ4v) is 2.65. The van der Waals surface area contributed by atoms with Gasteiger partial charge >= 0.3 is 0 Å². The average Bonchev–Trinajstić information content (AvgIpc) is 2.89. The van der Waals surface area contributed by atoms with Crippen LogP contribution in [0.1, 0.15) is 31.2 Å². The highest BCUT2D eigenvalue weighted by molar-refractivity contribution is 5.33. The molecule has 0 atom stereocenters. The van der Waals surface area contributed by atoms with Gasteiger partial charge in [0.1, 0.15) is 11.3 Å². The predicted octanol–water partition coefficient (Wildman–Crippen LogP) is 2.66. The highest BCUT2D eigenvalue weighted by Crippen LogP contribution is 2.29. The minimum absolute atomic E-state index is 0.276. The highest BCUT2D eigenvalue weighted by Gasteiger charge is 2.32. The van der Waals surface area contributed by atoms with E-state index in [1.54, 1.807) is 7.11 Å². The first-order chi connectivity index (χ1) is 8.79. The molecule has 0 amide bonds. The van der Waals surface area contributed by atoms with Crippen LogP contribution >= 0.6 is 0 Å². The van der Waals surface area contributed by atoms with Crippen molar-refractivity contribution in [3.05, 3.63) is 29.8 Å². The van der Waals surface area contributed by atoms with Crippen LogP contribution < -0.4 is 10.1 Å². The van der Waals surface area contributed by atoms with Crippen molar-refractivity contribution < 1.29 is 4.74 Å². The van der Waals surface area contributed by atoms with Crippen LogP contribution in [0.25, 0.3) is 0 Å². The number of nitriles is 1. The minimum Gasteiger partial charge on any atom is -0.496 e. The van der Waals surface area contributed by atoms with Gasteiger partial charge in [0.15, 0.2) is 0 Å². The molecule has 0 saturated heterocycles. The summed E-state index contributed by atoms with van der Waals surface area (Å²) >= 11 is 0. The SMILES string of the molecule is COc1ccccc1CCNC1(C#N)CCCC1. The van der Waals surface area contributed by atoms with Gasteiger partial charge in [-0.15, -0.1) is 0 Å². The molecule has 0 radical (unpaired) electrons. The lowest BCUT2D eigenvalue weighted by Crippen LogP contribution is -2.42. The Kier molecular flexibility index (Phi) is 4.22. The van der Waals surface area contributed by atoms with E-state index in [-0.39, 0.29) is 5.54 Å². The summed E-state index contributed by atoms with van der Waals surface area (Å²) in [6, 6.07) is 10.5. The Hall–Kier alpha value is -1.53. The van der Waals surface area contributed by atoms with Gasteiger partial charge in [0.05, 0.1) is 13.2 Å². The maximum Gasteiger partial charge on any atom is 0.122 e. The topological polar surface area (TPSA) is 45.0 Å². The summed E-state index contributed by atoms with van der Waals surface area (Å²) in [5.74, 6) is 0.928. The Bertz CT molecular complexity index is 430. The first-order valence-electron chi connectivity index (χ1n) is 6.58. The Balaban J connectivity index is 1.90. The summed E-state index contributed by atoms with van der Waals surface area (Å²) in [7, 11) is 1.69. The van der Waals surface area contributed by atoms with Crippen LogP contribution in [0.4, 0.5) is 0 Å². The van der Waals surface area contributed by atoms with Gasteiger partial charge in [-0.3, -0.25) is 5.32 Å². The molecule has 0 aliphatic heterocycles. The molecule has 1 N–H and O–H groups in total. The standard InChI is InChI=1S/C15H20N2O/c1-18-14-7-3-2-6-13(14)8-11-17-15(12-16)9-4-5-10-15/h2-3,6-7,17H,4-5,8-11H2,1H3. The number of hydrogen-bond donors (Lipinski definition) is 1. The van der Waals surface area contributed by atoms with Crippen LogP contribution in [0.5, 0.6) is 5.75 Å². The van der Waals surface area contributed by atoms with E-state index in [4.69, 9.17) is 4.74 Å². The smallest absolute Gasteiger partial charge is 0.122 e. The van der Waals surface area contributed by atoms with Gasteiger partial charge in [0, 0.05) is 6.54 Å². The number of nitrogens with zero attached hydrogens (tertiary/aromatic N) is 1. The van der Waals surface area contributed by atoms with Crippen LogP contribution in [-0.2, 0) is 6.42 Å². The molecule has 0 bridgehead atoms. The van der Waals surface area contributed by atoms with E-state index in [2.05, 4.69) is 17.5 Å². The van der Waals surface area contributed by atoms with Crippen molar-refractivity contribution in [2.75, 3.05) is 13.7 Å². The summed E-state index contributed by atoms with van der Waals surface area (Å²) in [6.45, 7) is 0.827. The van der Waals surface area contributed by atoms with E-state index < -0.39 is 0 Å². The fourth-order valence-electron chi connectivity index (χ4n) is 2.65. The fraction of sp³-hybridized carbons (Fsp3) is 0.533. The number of nitrogens with one attached hydrogen (secondary N) is 1. The normalized spacial score (nSPS) is 17.3. The molecule has 3 heteroatoms. The van der Waals surface area contributed by atoms with Crippen LogP contribution in [-0.4, -0.2) is 19.2 Å². The van der Waals surface area contributed by atoms with Gasteiger partial charge < -0.3 is 4.74 Å². The Morgan fingerprint density at radius 1 is 1.33 bits per heavy atom. The second kappa shape index (κ2) is 5.88. The van der Waals surface area contributed by atoms with Gasteiger partial charge in [-0.2, -0.15) is 5.26 Å². The molecular formula is C15H20N2O. The van der Waals surface area contributed by atoms with Gasteiger partial charge in [0.25, 0.3) is 0 Å². The Morgan fingerprint density at radius 2 is 2.06 bits per heavy atom. The van der Waals surface area contributed by atoms with E-state index in [0.717, 1.165) is 44.4 Å². The minimum atomic E-state index is -0.276. The Morgan fingerprint density at radius 3 is 2.72 bits per heavy atom. The summed E-state index contributed by atoms with van der Waals surface area (Å²) in [5.41, 5.74) is 0.917. The van der Waals surface area contributed by atoms with Crippen molar-refractivity contribution in [1.29, 1.82) is 5.26 Å². The molecule has 1 fully saturated rings. The number of methoxy groups -OCH3 is 1. The van der Waals surface area contributed by atoms with E-state index in [1.807, 2.05) is 18.2 Å². The van der Waals surface area contributed by atoms with Gasteiger partial charge in [0.2, 0.25) is 0 Å². The second-order valence-electron chi connectivity index (χ2n) is 4.89. The number of para-hydroxylation sites is 1. The van der Waals surface area contributed by atoms with Gasteiger partial charge in [-0.25, -0.2) is 0 Å².